The molecule has 3 N–H and O–H groups in total. The van der Waals surface area contributed by atoms with E-state index >= 15 is 0 Å². The Balaban J connectivity index is 2.25. The summed E-state index contributed by atoms with van der Waals surface area (Å²) in [5, 5.41) is 3.74. The van der Waals surface area contributed by atoms with Gasteiger partial charge in [-0.05, 0) is 48.9 Å². The van der Waals surface area contributed by atoms with Crippen LogP contribution in [0.2, 0.25) is 10.0 Å². The number of nitrogens with one attached hydrogen (secondary N) is 1. The van der Waals surface area contributed by atoms with Crippen LogP contribution in [0.4, 0.5) is 11.4 Å². The number of aryl methyl sites for hydroxylation is 1. The number of anilines is 2. The number of hydrogen-bond acceptors (Lipinski definition) is 2. The fourth-order valence-corrected chi connectivity index (χ4v) is 2.17. The predicted molar refractivity (Wildman–Crippen MR) is 80.0 cm³/mol. The van der Waals surface area contributed by atoms with E-state index in [0.717, 1.165) is 5.56 Å². The van der Waals surface area contributed by atoms with Crippen LogP contribution in [0, 0.1) is 6.92 Å². The van der Waals surface area contributed by atoms with Crippen molar-refractivity contribution in [1.29, 1.82) is 0 Å². The van der Waals surface area contributed by atoms with Crippen LogP contribution in [0.5, 0.6) is 0 Å². The molecule has 1 amide bonds. The molecule has 98 valence electrons. The molecule has 0 aliphatic carbocycles. The molecule has 0 spiro atoms. The van der Waals surface area contributed by atoms with Crippen LogP contribution >= 0.6 is 23.2 Å². The summed E-state index contributed by atoms with van der Waals surface area (Å²) in [4.78, 5) is 12.1. The van der Waals surface area contributed by atoms with Gasteiger partial charge in [-0.15, -0.1) is 0 Å². The number of carbonyl (C=O) groups is 1. The van der Waals surface area contributed by atoms with Crippen molar-refractivity contribution >= 4 is 40.5 Å². The van der Waals surface area contributed by atoms with Gasteiger partial charge in [-0.3, -0.25) is 4.79 Å². The van der Waals surface area contributed by atoms with Crippen LogP contribution in [0.25, 0.3) is 0 Å². The van der Waals surface area contributed by atoms with Crippen LogP contribution < -0.4 is 11.1 Å². The second kappa shape index (κ2) is 5.51. The molecule has 0 bridgehead atoms. The first kappa shape index (κ1) is 13.7. The molecule has 0 saturated carbocycles. The predicted octanol–water partition coefficient (Wildman–Crippen LogP) is 4.14. The highest BCUT2D eigenvalue weighted by atomic mass is 35.5. The molecule has 0 saturated heterocycles. The highest BCUT2D eigenvalue weighted by Gasteiger charge is 2.11. The molecule has 0 aliphatic rings. The van der Waals surface area contributed by atoms with Crippen LogP contribution in [-0.2, 0) is 0 Å². The minimum atomic E-state index is -0.282. The molecular formula is C14H12Cl2N2O. The minimum Gasteiger partial charge on any atom is -0.399 e. The number of nitrogens with two attached hydrogens (primary N) is 1. The van der Waals surface area contributed by atoms with E-state index in [0.29, 0.717) is 27.0 Å². The number of halogens is 2. The van der Waals surface area contributed by atoms with Crippen LogP contribution in [0.3, 0.4) is 0 Å². The summed E-state index contributed by atoms with van der Waals surface area (Å²) in [5.41, 5.74) is 8.07. The average molecular weight is 295 g/mol. The SMILES string of the molecule is Cc1cc(Cl)ccc1NC(=O)c1ccc(N)cc1Cl. The summed E-state index contributed by atoms with van der Waals surface area (Å²) < 4.78 is 0. The Morgan fingerprint density at radius 2 is 1.89 bits per heavy atom. The third-order valence-corrected chi connectivity index (χ3v) is 3.22. The summed E-state index contributed by atoms with van der Waals surface area (Å²) in [6.07, 6.45) is 0. The fourth-order valence-electron chi connectivity index (χ4n) is 1.67. The summed E-state index contributed by atoms with van der Waals surface area (Å²) in [5.74, 6) is -0.282. The molecule has 19 heavy (non-hydrogen) atoms. The molecule has 5 heteroatoms. The van der Waals surface area contributed by atoms with Crippen LogP contribution in [0.15, 0.2) is 36.4 Å². The van der Waals surface area contributed by atoms with Crippen molar-refractivity contribution in [2.75, 3.05) is 11.1 Å². The number of carbonyl (C=O) groups excluding carboxylic acids is 1. The highest BCUT2D eigenvalue weighted by Crippen LogP contribution is 2.23. The van der Waals surface area contributed by atoms with Gasteiger partial charge in [0.15, 0.2) is 0 Å². The molecule has 2 rings (SSSR count). The maximum atomic E-state index is 12.1. The molecule has 2 aromatic carbocycles. The second-order valence-corrected chi connectivity index (χ2v) is 5.00. The Bertz CT molecular complexity index is 641. The van der Waals surface area contributed by atoms with Crippen LogP contribution in [-0.4, -0.2) is 5.91 Å². The van der Waals surface area contributed by atoms with Gasteiger partial charge in [0.2, 0.25) is 0 Å². The third kappa shape index (κ3) is 3.19. The topological polar surface area (TPSA) is 55.1 Å². The summed E-state index contributed by atoms with van der Waals surface area (Å²) in [6.45, 7) is 1.87. The summed E-state index contributed by atoms with van der Waals surface area (Å²) >= 11 is 11.9. The Morgan fingerprint density at radius 3 is 2.53 bits per heavy atom. The van der Waals surface area contributed by atoms with E-state index in [9.17, 15) is 4.79 Å². The molecule has 2 aromatic rings. The van der Waals surface area contributed by atoms with Crippen molar-refractivity contribution in [1.82, 2.24) is 0 Å². The van der Waals surface area contributed by atoms with Crippen molar-refractivity contribution in [3.63, 3.8) is 0 Å². The monoisotopic (exact) mass is 294 g/mol. The zero-order chi connectivity index (χ0) is 14.0. The molecule has 0 aromatic heterocycles. The molecule has 0 radical (unpaired) electrons. The molecule has 0 unspecified atom stereocenters. The smallest absolute Gasteiger partial charge is 0.257 e. The van der Waals surface area contributed by atoms with Crippen molar-refractivity contribution in [3.05, 3.63) is 57.6 Å². The number of amides is 1. The quantitative estimate of drug-likeness (QED) is 0.818. The van der Waals surface area contributed by atoms with Crippen molar-refractivity contribution in [2.24, 2.45) is 0 Å². The Morgan fingerprint density at radius 1 is 1.16 bits per heavy atom. The van der Waals surface area contributed by atoms with Gasteiger partial charge in [0.25, 0.3) is 5.91 Å². The van der Waals surface area contributed by atoms with E-state index in [-0.39, 0.29) is 5.91 Å². The van der Waals surface area contributed by atoms with Crippen molar-refractivity contribution in [3.8, 4) is 0 Å². The Kier molecular flexibility index (Phi) is 3.98. The summed E-state index contributed by atoms with van der Waals surface area (Å²) in [6, 6.07) is 10.0. The van der Waals surface area contributed by atoms with Gasteiger partial charge in [-0.2, -0.15) is 0 Å². The first-order valence-corrected chi connectivity index (χ1v) is 6.35. The van der Waals surface area contributed by atoms with E-state index in [1.54, 1.807) is 36.4 Å². The molecular weight excluding hydrogens is 283 g/mol. The summed E-state index contributed by atoms with van der Waals surface area (Å²) in [7, 11) is 0. The second-order valence-electron chi connectivity index (χ2n) is 4.15. The van der Waals surface area contributed by atoms with Gasteiger partial charge in [-0.1, -0.05) is 23.2 Å². The number of nitrogen functional groups attached to an aromatic ring is 1. The van der Waals surface area contributed by atoms with Gasteiger partial charge in [-0.25, -0.2) is 0 Å². The minimum absolute atomic E-state index is 0.282. The Labute approximate surface area is 121 Å². The van der Waals surface area contributed by atoms with Crippen molar-refractivity contribution in [2.45, 2.75) is 6.92 Å². The zero-order valence-corrected chi connectivity index (χ0v) is 11.7. The normalized spacial score (nSPS) is 10.3. The van der Waals surface area contributed by atoms with Gasteiger partial charge in [0.1, 0.15) is 0 Å². The first-order chi connectivity index (χ1) is 8.97. The lowest BCUT2D eigenvalue weighted by Gasteiger charge is -2.10. The fraction of sp³-hybridized carbons (Fsp3) is 0.0714. The molecule has 0 fully saturated rings. The lowest BCUT2D eigenvalue weighted by molar-refractivity contribution is 0.102. The highest BCUT2D eigenvalue weighted by molar-refractivity contribution is 6.34. The maximum absolute atomic E-state index is 12.1. The van der Waals surface area contributed by atoms with Gasteiger partial charge < -0.3 is 11.1 Å². The first-order valence-electron chi connectivity index (χ1n) is 5.60. The molecule has 0 aliphatic heterocycles. The lowest BCUT2D eigenvalue weighted by Crippen LogP contribution is -2.13. The van der Waals surface area contributed by atoms with E-state index in [4.69, 9.17) is 28.9 Å². The maximum Gasteiger partial charge on any atom is 0.257 e. The van der Waals surface area contributed by atoms with E-state index in [1.807, 2.05) is 6.92 Å². The third-order valence-electron chi connectivity index (χ3n) is 2.67. The van der Waals surface area contributed by atoms with Gasteiger partial charge in [0, 0.05) is 16.4 Å². The number of hydrogen-bond donors (Lipinski definition) is 2. The van der Waals surface area contributed by atoms with Gasteiger partial charge >= 0.3 is 0 Å². The van der Waals surface area contributed by atoms with Crippen molar-refractivity contribution < 1.29 is 4.79 Å². The zero-order valence-electron chi connectivity index (χ0n) is 10.2. The van der Waals surface area contributed by atoms with E-state index in [2.05, 4.69) is 5.32 Å². The average Bonchev–Trinajstić information content (AvgIpc) is 2.32. The lowest BCUT2D eigenvalue weighted by atomic mass is 10.1. The van der Waals surface area contributed by atoms with Crippen LogP contribution in [0.1, 0.15) is 15.9 Å². The number of rotatable bonds is 2. The Hall–Kier alpha value is -1.71. The molecule has 3 nitrogen and oxygen atoms in total. The van der Waals surface area contributed by atoms with E-state index in [1.165, 1.54) is 0 Å². The molecule has 0 heterocycles. The largest absolute Gasteiger partial charge is 0.399 e. The van der Waals surface area contributed by atoms with E-state index < -0.39 is 0 Å². The van der Waals surface area contributed by atoms with Gasteiger partial charge in [0.05, 0.1) is 10.6 Å². The molecule has 0 atom stereocenters. The standard InChI is InChI=1S/C14H12Cl2N2O/c1-8-6-9(15)2-5-13(8)18-14(19)11-4-3-10(17)7-12(11)16/h2-7H,17H2,1H3,(H,18,19). The number of benzene rings is 2.